The molecule has 5 aromatic rings. The lowest BCUT2D eigenvalue weighted by Crippen LogP contribution is -2.04. The van der Waals surface area contributed by atoms with Crippen LogP contribution in [0.5, 0.6) is 0 Å². The molecule has 0 aliphatic rings. The summed E-state index contributed by atoms with van der Waals surface area (Å²) in [6.07, 6.45) is 9.28. The fraction of sp³-hybridized carbons (Fsp3) is 0.0870. The van der Waals surface area contributed by atoms with Crippen LogP contribution in [-0.2, 0) is 13.1 Å². The van der Waals surface area contributed by atoms with Gasteiger partial charge in [0.15, 0.2) is 0 Å². The summed E-state index contributed by atoms with van der Waals surface area (Å²) >= 11 is 0. The van der Waals surface area contributed by atoms with Gasteiger partial charge in [-0.15, -0.1) is 0 Å². The quantitative estimate of drug-likeness (QED) is 0.479. The van der Waals surface area contributed by atoms with E-state index in [2.05, 4.69) is 56.0 Å². The van der Waals surface area contributed by atoms with Crippen molar-refractivity contribution in [2.75, 3.05) is 0 Å². The van der Waals surface area contributed by atoms with E-state index in [-0.39, 0.29) is 0 Å². The predicted octanol–water partition coefficient (Wildman–Crippen LogP) is 4.23. The van der Waals surface area contributed by atoms with Gasteiger partial charge in [-0.2, -0.15) is 5.10 Å². The molecule has 142 valence electrons. The summed E-state index contributed by atoms with van der Waals surface area (Å²) in [4.78, 5) is 12.3. The van der Waals surface area contributed by atoms with Gasteiger partial charge in [0.2, 0.25) is 0 Å². The molecule has 5 rings (SSSR count). The van der Waals surface area contributed by atoms with Crippen LogP contribution >= 0.6 is 0 Å². The molecule has 0 saturated heterocycles. The van der Waals surface area contributed by atoms with Crippen LogP contribution in [0.3, 0.4) is 0 Å². The molecule has 0 amide bonds. The zero-order valence-corrected chi connectivity index (χ0v) is 15.8. The van der Waals surface area contributed by atoms with E-state index in [0.29, 0.717) is 6.54 Å². The third-order valence-electron chi connectivity index (χ3n) is 4.86. The van der Waals surface area contributed by atoms with Gasteiger partial charge in [-0.05, 0) is 17.7 Å². The molecule has 0 atom stereocenters. The van der Waals surface area contributed by atoms with Crippen LogP contribution in [0.25, 0.3) is 22.5 Å². The Hall–Kier alpha value is -3.93. The Bertz CT molecular complexity index is 1190. The Balaban J connectivity index is 1.59. The van der Waals surface area contributed by atoms with Crippen molar-refractivity contribution in [2.24, 2.45) is 0 Å². The van der Waals surface area contributed by atoms with E-state index in [0.717, 1.165) is 34.9 Å². The molecule has 0 aliphatic heterocycles. The third-order valence-corrected chi connectivity index (χ3v) is 4.86. The Morgan fingerprint density at radius 2 is 1.72 bits per heavy atom. The second kappa shape index (κ2) is 7.59. The average molecular weight is 380 g/mol. The maximum atomic E-state index is 4.75. The molecule has 3 heterocycles. The second-order valence-electron chi connectivity index (χ2n) is 6.88. The number of hydrogen-bond acceptors (Lipinski definition) is 3. The molecule has 0 aliphatic carbocycles. The van der Waals surface area contributed by atoms with E-state index in [1.807, 2.05) is 47.7 Å². The summed E-state index contributed by atoms with van der Waals surface area (Å²) in [5.74, 6) is 0.899. The molecule has 0 bridgehead atoms. The van der Waals surface area contributed by atoms with Gasteiger partial charge >= 0.3 is 0 Å². The largest absolute Gasteiger partial charge is 0.347 e. The summed E-state index contributed by atoms with van der Waals surface area (Å²) in [7, 11) is 0. The highest BCUT2D eigenvalue weighted by atomic mass is 15.3. The minimum absolute atomic E-state index is 0.631. The van der Waals surface area contributed by atoms with E-state index in [1.54, 1.807) is 12.4 Å². The number of rotatable bonds is 6. The fourth-order valence-electron chi connectivity index (χ4n) is 3.56. The van der Waals surface area contributed by atoms with Gasteiger partial charge in [-0.25, -0.2) is 9.97 Å². The lowest BCUT2D eigenvalue weighted by molar-refractivity contribution is 0.687. The Labute approximate surface area is 168 Å². The minimum atomic E-state index is 0.631. The second-order valence-corrected chi connectivity index (χ2v) is 6.88. The molecule has 2 aromatic carbocycles. The number of nitrogens with zero attached hydrogens (tertiary/aromatic N) is 5. The first-order valence-electron chi connectivity index (χ1n) is 9.52. The monoisotopic (exact) mass is 380 g/mol. The highest BCUT2D eigenvalue weighted by Crippen LogP contribution is 2.32. The molecular formula is C23H20N6. The average Bonchev–Trinajstić information content (AvgIpc) is 3.52. The van der Waals surface area contributed by atoms with Crippen LogP contribution in [0.4, 0.5) is 0 Å². The Kier molecular flexibility index (Phi) is 4.50. The number of hydrogen-bond donors (Lipinski definition) is 1. The smallest absolute Gasteiger partial charge is 0.126 e. The number of aromatic nitrogens is 6. The van der Waals surface area contributed by atoms with Gasteiger partial charge in [0.05, 0.1) is 30.8 Å². The van der Waals surface area contributed by atoms with E-state index in [4.69, 9.17) is 4.98 Å². The summed E-state index contributed by atoms with van der Waals surface area (Å²) in [6, 6.07) is 20.8. The highest BCUT2D eigenvalue weighted by molar-refractivity contribution is 5.78. The number of aromatic amines is 1. The molecular weight excluding hydrogens is 360 g/mol. The van der Waals surface area contributed by atoms with Crippen molar-refractivity contribution in [1.82, 2.24) is 29.3 Å². The molecule has 6 nitrogen and oxygen atoms in total. The first kappa shape index (κ1) is 17.2. The zero-order chi connectivity index (χ0) is 19.5. The van der Waals surface area contributed by atoms with Crippen molar-refractivity contribution >= 4 is 0 Å². The van der Waals surface area contributed by atoms with Gasteiger partial charge < -0.3 is 9.55 Å². The molecule has 0 radical (unpaired) electrons. The van der Waals surface area contributed by atoms with Crippen LogP contribution in [0.1, 0.15) is 11.4 Å². The Morgan fingerprint density at radius 1 is 0.828 bits per heavy atom. The molecule has 6 heteroatoms. The van der Waals surface area contributed by atoms with Gasteiger partial charge in [0.25, 0.3) is 0 Å². The molecule has 0 spiro atoms. The first-order chi connectivity index (χ1) is 14.4. The summed E-state index contributed by atoms with van der Waals surface area (Å²) < 4.78 is 4.07. The maximum Gasteiger partial charge on any atom is 0.126 e. The van der Waals surface area contributed by atoms with E-state index < -0.39 is 0 Å². The molecule has 3 aromatic heterocycles. The van der Waals surface area contributed by atoms with E-state index in [9.17, 15) is 0 Å². The standard InChI is InChI=1S/C23H20N6/c1-2-7-19(8-3-1)22-23(28(17-26-22)16-21-24-11-12-25-21)20-9-4-6-18(14-20)15-29-13-5-10-27-29/h1-14,17H,15-16H2,(H,24,25). The minimum Gasteiger partial charge on any atom is -0.347 e. The predicted molar refractivity (Wildman–Crippen MR) is 112 cm³/mol. The van der Waals surface area contributed by atoms with Gasteiger partial charge in [0.1, 0.15) is 5.82 Å². The SMILES string of the molecule is c1ccc(-c2ncn(Cc3ncc[nH]3)c2-c2cccc(Cn3cccn3)c2)cc1. The van der Waals surface area contributed by atoms with Crippen molar-refractivity contribution in [2.45, 2.75) is 13.1 Å². The van der Waals surface area contributed by atoms with Crippen molar-refractivity contribution in [3.8, 4) is 22.5 Å². The van der Waals surface area contributed by atoms with Crippen LogP contribution in [0, 0.1) is 0 Å². The first-order valence-corrected chi connectivity index (χ1v) is 9.52. The molecule has 1 N–H and O–H groups in total. The lowest BCUT2D eigenvalue weighted by atomic mass is 10.0. The Morgan fingerprint density at radius 3 is 2.52 bits per heavy atom. The molecule has 0 saturated carbocycles. The van der Waals surface area contributed by atoms with Gasteiger partial charge in [-0.1, -0.05) is 48.5 Å². The number of H-pyrrole nitrogens is 1. The lowest BCUT2D eigenvalue weighted by Gasteiger charge is -2.11. The molecule has 29 heavy (non-hydrogen) atoms. The van der Waals surface area contributed by atoms with Crippen molar-refractivity contribution in [3.05, 3.63) is 103 Å². The van der Waals surface area contributed by atoms with Crippen molar-refractivity contribution < 1.29 is 0 Å². The molecule has 0 fully saturated rings. The third kappa shape index (κ3) is 3.60. The number of benzene rings is 2. The maximum absolute atomic E-state index is 4.75. The summed E-state index contributed by atoms with van der Waals surface area (Å²) in [5.41, 5.74) is 5.45. The van der Waals surface area contributed by atoms with Gasteiger partial charge in [0, 0.05) is 35.9 Å². The van der Waals surface area contributed by atoms with Crippen molar-refractivity contribution in [1.29, 1.82) is 0 Å². The highest BCUT2D eigenvalue weighted by Gasteiger charge is 2.16. The van der Waals surface area contributed by atoms with Crippen LogP contribution in [-0.4, -0.2) is 29.3 Å². The van der Waals surface area contributed by atoms with E-state index in [1.165, 1.54) is 5.56 Å². The van der Waals surface area contributed by atoms with Crippen LogP contribution in [0.2, 0.25) is 0 Å². The van der Waals surface area contributed by atoms with Crippen LogP contribution < -0.4 is 0 Å². The number of nitrogens with one attached hydrogen (secondary N) is 1. The summed E-state index contributed by atoms with van der Waals surface area (Å²) in [6.45, 7) is 1.36. The molecule has 0 unspecified atom stereocenters. The fourth-order valence-corrected chi connectivity index (χ4v) is 3.56. The van der Waals surface area contributed by atoms with Crippen molar-refractivity contribution in [3.63, 3.8) is 0 Å². The van der Waals surface area contributed by atoms with E-state index >= 15 is 0 Å². The zero-order valence-electron chi connectivity index (χ0n) is 15.8. The topological polar surface area (TPSA) is 64.3 Å². The van der Waals surface area contributed by atoms with Crippen LogP contribution in [0.15, 0.2) is 91.8 Å². The normalized spacial score (nSPS) is 11.0. The number of imidazole rings is 2. The summed E-state index contributed by atoms with van der Waals surface area (Å²) in [5, 5.41) is 4.32. The van der Waals surface area contributed by atoms with Gasteiger partial charge in [-0.3, -0.25) is 4.68 Å².